The molecule has 0 aromatic heterocycles. The first-order valence-corrected chi connectivity index (χ1v) is 11.9. The average Bonchev–Trinajstić information content (AvgIpc) is 2.93. The van der Waals surface area contributed by atoms with Crippen LogP contribution < -0.4 is 16.0 Å². The number of para-hydroxylation sites is 3. The van der Waals surface area contributed by atoms with Gasteiger partial charge in [0.05, 0.1) is 26.4 Å². The number of hydrogen-bond acceptors (Lipinski definition) is 6. The molecule has 0 aliphatic rings. The first kappa shape index (κ1) is 34.2. The van der Waals surface area contributed by atoms with Crippen LogP contribution >= 0.6 is 0 Å². The molecule has 3 amide bonds. The number of anilines is 3. The monoisotopic (exact) mass is 527 g/mol. The van der Waals surface area contributed by atoms with Crippen molar-refractivity contribution in [2.75, 3.05) is 70.8 Å². The predicted molar refractivity (Wildman–Crippen MR) is 154 cm³/mol. The van der Waals surface area contributed by atoms with E-state index < -0.39 is 0 Å². The molecule has 208 valence electrons. The molecule has 0 bridgehead atoms. The normalized spacial score (nSPS) is 9.18. The molecule has 0 heterocycles. The van der Waals surface area contributed by atoms with Crippen molar-refractivity contribution in [2.45, 2.75) is 6.92 Å². The Morgan fingerprint density at radius 2 is 0.763 bits per heavy atom. The van der Waals surface area contributed by atoms with Crippen LogP contribution in [-0.4, -0.2) is 66.8 Å². The summed E-state index contributed by atoms with van der Waals surface area (Å²) in [6.07, 6.45) is 0. The molecule has 9 nitrogen and oxygen atoms in total. The largest absolute Gasteiger partial charge is 0.382 e. The zero-order chi connectivity index (χ0) is 28.3. The van der Waals surface area contributed by atoms with Crippen molar-refractivity contribution in [1.29, 1.82) is 0 Å². The van der Waals surface area contributed by atoms with Gasteiger partial charge in [-0.15, -0.1) is 0 Å². The van der Waals surface area contributed by atoms with Gasteiger partial charge in [0, 0.05) is 52.4 Å². The highest BCUT2D eigenvalue weighted by Gasteiger charge is 2.00. The lowest BCUT2D eigenvalue weighted by Crippen LogP contribution is -2.19. The number of amides is 3. The maximum absolute atomic E-state index is 11.6. The highest BCUT2D eigenvalue weighted by Crippen LogP contribution is 2.08. The third-order valence-electron chi connectivity index (χ3n) is 4.14. The van der Waals surface area contributed by atoms with Gasteiger partial charge in [0.15, 0.2) is 0 Å². The van der Waals surface area contributed by atoms with Crippen LogP contribution in [0.2, 0.25) is 0 Å². The van der Waals surface area contributed by atoms with E-state index in [2.05, 4.69) is 34.9 Å². The van der Waals surface area contributed by atoms with Gasteiger partial charge in [0.25, 0.3) is 0 Å². The summed E-state index contributed by atoms with van der Waals surface area (Å²) in [4.78, 5) is 22.1. The molecule has 38 heavy (non-hydrogen) atoms. The molecule has 3 aromatic rings. The van der Waals surface area contributed by atoms with Gasteiger partial charge in [-0.2, -0.15) is 0 Å². The van der Waals surface area contributed by atoms with Crippen LogP contribution in [0.15, 0.2) is 91.0 Å². The van der Waals surface area contributed by atoms with Crippen molar-refractivity contribution in [1.82, 2.24) is 0 Å². The first-order chi connectivity index (χ1) is 18.5. The maximum atomic E-state index is 11.6. The van der Waals surface area contributed by atoms with Gasteiger partial charge >= 0.3 is 6.03 Å². The average molecular weight is 528 g/mol. The van der Waals surface area contributed by atoms with Crippen molar-refractivity contribution in [3.63, 3.8) is 0 Å². The van der Waals surface area contributed by atoms with Gasteiger partial charge in [-0.05, 0) is 36.4 Å². The van der Waals surface area contributed by atoms with Crippen molar-refractivity contribution >= 4 is 29.0 Å². The third-order valence-corrected chi connectivity index (χ3v) is 4.14. The number of urea groups is 1. The molecule has 0 radical (unpaired) electrons. The van der Waals surface area contributed by atoms with Crippen molar-refractivity contribution < 1.29 is 28.5 Å². The lowest BCUT2D eigenvalue weighted by atomic mass is 10.3. The number of carbonyl (C=O) groups excluding carboxylic acids is 2. The molecule has 0 atom stereocenters. The number of nitrogens with one attached hydrogen (secondary N) is 3. The summed E-state index contributed by atoms with van der Waals surface area (Å²) in [5.74, 6) is -0.0359. The molecule has 0 spiro atoms. The smallest absolute Gasteiger partial charge is 0.323 e. The molecule has 3 rings (SSSR count). The van der Waals surface area contributed by atoms with Crippen LogP contribution in [0.3, 0.4) is 0 Å². The van der Waals surface area contributed by atoms with Crippen LogP contribution in [0, 0.1) is 0 Å². The summed E-state index contributed by atoms with van der Waals surface area (Å²) in [7, 11) is 6.61. The minimum atomic E-state index is -0.239. The van der Waals surface area contributed by atoms with Crippen LogP contribution in [0.1, 0.15) is 6.92 Å². The van der Waals surface area contributed by atoms with Crippen molar-refractivity contribution in [2.24, 2.45) is 0 Å². The number of ether oxygens (including phenoxy) is 4. The quantitative estimate of drug-likeness (QED) is 0.316. The molecule has 3 N–H and O–H groups in total. The fourth-order valence-electron chi connectivity index (χ4n) is 2.39. The molecule has 0 aliphatic heterocycles. The fraction of sp³-hybridized carbons (Fsp3) is 0.310. The van der Waals surface area contributed by atoms with E-state index >= 15 is 0 Å². The zero-order valence-corrected chi connectivity index (χ0v) is 22.9. The second-order valence-corrected chi connectivity index (χ2v) is 7.33. The minimum Gasteiger partial charge on any atom is -0.382 e. The van der Waals surface area contributed by atoms with Crippen LogP contribution in [0.4, 0.5) is 21.9 Å². The summed E-state index contributed by atoms with van der Waals surface area (Å²) < 4.78 is 18.6. The molecule has 0 aliphatic carbocycles. The molecule has 0 saturated heterocycles. The summed E-state index contributed by atoms with van der Waals surface area (Å²) in [5.41, 5.74) is 2.39. The Labute approximate surface area is 226 Å². The van der Waals surface area contributed by atoms with E-state index in [4.69, 9.17) is 0 Å². The summed E-state index contributed by atoms with van der Waals surface area (Å²) >= 11 is 0. The first-order valence-electron chi connectivity index (χ1n) is 11.9. The van der Waals surface area contributed by atoms with Gasteiger partial charge < -0.3 is 34.9 Å². The second-order valence-electron chi connectivity index (χ2n) is 7.33. The summed E-state index contributed by atoms with van der Waals surface area (Å²) in [5, 5.41) is 8.15. The van der Waals surface area contributed by atoms with E-state index in [-0.39, 0.29) is 11.9 Å². The Bertz CT molecular complexity index is 885. The molecule has 0 saturated carbocycles. The third kappa shape index (κ3) is 21.5. The Balaban J connectivity index is 0.000000534. The van der Waals surface area contributed by atoms with Crippen LogP contribution in [0.25, 0.3) is 0 Å². The maximum Gasteiger partial charge on any atom is 0.323 e. The Morgan fingerprint density at radius 3 is 1.00 bits per heavy atom. The Morgan fingerprint density at radius 1 is 0.500 bits per heavy atom. The molecule has 3 aromatic carbocycles. The van der Waals surface area contributed by atoms with E-state index in [0.717, 1.165) is 17.1 Å². The second kappa shape index (κ2) is 24.9. The fourth-order valence-corrected chi connectivity index (χ4v) is 2.39. The zero-order valence-electron chi connectivity index (χ0n) is 22.9. The number of rotatable bonds is 9. The lowest BCUT2D eigenvalue weighted by molar-refractivity contribution is -0.114. The molecule has 0 fully saturated rings. The van der Waals surface area contributed by atoms with E-state index in [1.165, 1.54) is 6.92 Å². The predicted octanol–water partition coefficient (Wildman–Crippen LogP) is 5.53. The number of methoxy groups -OCH3 is 4. The van der Waals surface area contributed by atoms with Crippen molar-refractivity contribution in [3.8, 4) is 0 Å². The van der Waals surface area contributed by atoms with Gasteiger partial charge in [0.2, 0.25) is 5.91 Å². The van der Waals surface area contributed by atoms with Crippen LogP contribution in [0.5, 0.6) is 0 Å². The number of benzene rings is 3. The van der Waals surface area contributed by atoms with Gasteiger partial charge in [-0.1, -0.05) is 54.6 Å². The molecule has 0 unspecified atom stereocenters. The SMILES string of the molecule is CC(=O)Nc1ccccc1.COCCOC.COCCOC.O=C(Nc1ccccc1)Nc1ccccc1. The van der Waals surface area contributed by atoms with E-state index in [1.54, 1.807) is 28.4 Å². The van der Waals surface area contributed by atoms with Crippen LogP contribution in [-0.2, 0) is 23.7 Å². The standard InChI is InChI=1S/C13H12N2O.C8H9NO.2C4H10O2/c16-13(14-11-7-3-1-4-8-11)15-12-9-5-2-6-10-12;1-7(10)9-8-5-3-2-4-6-8;2*1-5-3-4-6-2/h1-10H,(H2,14,15,16);2-6H,1H3,(H,9,10);2*3-4H2,1-2H3. The minimum absolute atomic E-state index is 0.0359. The van der Waals surface area contributed by atoms with E-state index in [9.17, 15) is 9.59 Å². The highest BCUT2D eigenvalue weighted by molar-refractivity contribution is 5.99. The Kier molecular flexibility index (Phi) is 22.4. The summed E-state index contributed by atoms with van der Waals surface area (Å²) in [6.45, 7) is 4.26. The topological polar surface area (TPSA) is 107 Å². The van der Waals surface area contributed by atoms with Crippen molar-refractivity contribution in [3.05, 3.63) is 91.0 Å². The lowest BCUT2D eigenvalue weighted by Gasteiger charge is -2.06. The van der Waals surface area contributed by atoms with E-state index in [1.807, 2.05) is 91.0 Å². The molecular weight excluding hydrogens is 486 g/mol. The highest BCUT2D eigenvalue weighted by atomic mass is 16.5. The van der Waals surface area contributed by atoms with Gasteiger partial charge in [0.1, 0.15) is 0 Å². The Hall–Kier alpha value is -3.76. The van der Waals surface area contributed by atoms with Gasteiger partial charge in [-0.3, -0.25) is 4.79 Å². The molecule has 9 heteroatoms. The van der Waals surface area contributed by atoms with Gasteiger partial charge in [-0.25, -0.2) is 4.79 Å². The summed E-state index contributed by atoms with van der Waals surface area (Å²) in [6, 6.07) is 27.8. The van der Waals surface area contributed by atoms with E-state index in [0.29, 0.717) is 26.4 Å². The number of hydrogen-bond donors (Lipinski definition) is 3. The number of carbonyl (C=O) groups is 2. The molecular formula is C29H41N3O6.